The van der Waals surface area contributed by atoms with Crippen molar-refractivity contribution < 1.29 is 0 Å². The number of fused-ring (bicyclic) bond motifs is 2. The molecule has 2 aliphatic rings. The zero-order chi connectivity index (χ0) is 13.0. The Morgan fingerprint density at radius 2 is 2.11 bits per heavy atom. The summed E-state index contributed by atoms with van der Waals surface area (Å²) in [7, 11) is 0. The molecule has 0 radical (unpaired) electrons. The Morgan fingerprint density at radius 1 is 1.26 bits per heavy atom. The number of halogens is 1. The van der Waals surface area contributed by atoms with Gasteiger partial charge in [0.2, 0.25) is 0 Å². The Morgan fingerprint density at radius 3 is 3.00 bits per heavy atom. The Kier molecular flexibility index (Phi) is 2.30. The number of hydrogen-bond acceptors (Lipinski definition) is 2. The standard InChI is InChI=1S/C16H15ClN2/c1-10-13-9-12(17)8-11-6-7-19(16(11)13)15-5-3-2-4-14(15)18-10/h2-5,8-10,18H,6-7H2,1H3. The third-order valence-corrected chi connectivity index (χ3v) is 4.31. The number of hydrogen-bond donors (Lipinski definition) is 1. The minimum absolute atomic E-state index is 0.275. The minimum Gasteiger partial charge on any atom is -0.377 e. The third kappa shape index (κ3) is 1.56. The van der Waals surface area contributed by atoms with E-state index in [-0.39, 0.29) is 6.04 Å². The molecule has 19 heavy (non-hydrogen) atoms. The molecule has 4 rings (SSSR count). The quantitative estimate of drug-likeness (QED) is 0.757. The largest absolute Gasteiger partial charge is 0.377 e. The molecule has 3 heteroatoms. The van der Waals surface area contributed by atoms with Gasteiger partial charge in [-0.15, -0.1) is 0 Å². The van der Waals surface area contributed by atoms with Crippen LogP contribution >= 0.6 is 11.6 Å². The molecule has 2 aliphatic heterocycles. The van der Waals surface area contributed by atoms with Crippen LogP contribution in [-0.4, -0.2) is 6.54 Å². The Balaban J connectivity index is 2.01. The average molecular weight is 271 g/mol. The molecule has 0 saturated carbocycles. The second kappa shape index (κ2) is 3.91. The van der Waals surface area contributed by atoms with Crippen molar-refractivity contribution in [1.29, 1.82) is 0 Å². The highest BCUT2D eigenvalue weighted by atomic mass is 35.5. The summed E-state index contributed by atoms with van der Waals surface area (Å²) in [4.78, 5) is 2.42. The van der Waals surface area contributed by atoms with Crippen LogP contribution < -0.4 is 10.2 Å². The molecule has 1 N–H and O–H groups in total. The van der Waals surface area contributed by atoms with Crippen LogP contribution in [0.4, 0.5) is 17.1 Å². The molecule has 2 aromatic carbocycles. The SMILES string of the molecule is CC1Nc2ccccc2N2CCc3cc(Cl)cc1c32. The number of rotatable bonds is 0. The third-order valence-electron chi connectivity index (χ3n) is 4.09. The van der Waals surface area contributed by atoms with Gasteiger partial charge in [-0.05, 0) is 48.7 Å². The summed E-state index contributed by atoms with van der Waals surface area (Å²) in [5.74, 6) is 0. The topological polar surface area (TPSA) is 15.3 Å². The van der Waals surface area contributed by atoms with Crippen molar-refractivity contribution in [2.24, 2.45) is 0 Å². The summed E-state index contributed by atoms with van der Waals surface area (Å²) >= 11 is 6.26. The van der Waals surface area contributed by atoms with Crippen LogP contribution in [0.2, 0.25) is 5.02 Å². The zero-order valence-electron chi connectivity index (χ0n) is 10.8. The molecule has 0 aliphatic carbocycles. The van der Waals surface area contributed by atoms with E-state index in [0.29, 0.717) is 0 Å². The van der Waals surface area contributed by atoms with E-state index in [0.717, 1.165) is 18.0 Å². The van der Waals surface area contributed by atoms with Crippen LogP contribution in [-0.2, 0) is 6.42 Å². The summed E-state index contributed by atoms with van der Waals surface area (Å²) in [5, 5.41) is 4.44. The molecule has 2 aromatic rings. The van der Waals surface area contributed by atoms with Crippen molar-refractivity contribution >= 4 is 28.7 Å². The second-order valence-corrected chi connectivity index (χ2v) is 5.72. The van der Waals surface area contributed by atoms with Gasteiger partial charge in [0, 0.05) is 17.3 Å². The highest BCUT2D eigenvalue weighted by molar-refractivity contribution is 6.30. The van der Waals surface area contributed by atoms with Crippen LogP contribution in [0, 0.1) is 0 Å². The van der Waals surface area contributed by atoms with E-state index >= 15 is 0 Å². The Bertz CT molecular complexity index is 666. The molecular formula is C16H15ClN2. The maximum absolute atomic E-state index is 6.26. The first kappa shape index (κ1) is 11.2. The van der Waals surface area contributed by atoms with Crippen LogP contribution in [0.3, 0.4) is 0 Å². The van der Waals surface area contributed by atoms with E-state index in [1.807, 2.05) is 0 Å². The average Bonchev–Trinajstić information content (AvgIpc) is 2.76. The molecule has 1 atom stereocenters. The molecule has 96 valence electrons. The van der Waals surface area contributed by atoms with E-state index in [4.69, 9.17) is 11.6 Å². The van der Waals surface area contributed by atoms with Crippen molar-refractivity contribution in [3.63, 3.8) is 0 Å². The van der Waals surface area contributed by atoms with Crippen LogP contribution in [0.25, 0.3) is 0 Å². The van der Waals surface area contributed by atoms with E-state index < -0.39 is 0 Å². The van der Waals surface area contributed by atoms with Gasteiger partial charge in [-0.3, -0.25) is 0 Å². The Hall–Kier alpha value is -1.67. The fourth-order valence-electron chi connectivity index (χ4n) is 3.26. The molecular weight excluding hydrogens is 256 g/mol. The maximum atomic E-state index is 6.26. The van der Waals surface area contributed by atoms with Gasteiger partial charge >= 0.3 is 0 Å². The predicted octanol–water partition coefficient (Wildman–Crippen LogP) is 4.52. The van der Waals surface area contributed by atoms with Gasteiger partial charge in [0.15, 0.2) is 0 Å². The van der Waals surface area contributed by atoms with Crippen molar-refractivity contribution in [2.75, 3.05) is 16.8 Å². The van der Waals surface area contributed by atoms with Gasteiger partial charge in [-0.1, -0.05) is 23.7 Å². The van der Waals surface area contributed by atoms with Gasteiger partial charge in [0.1, 0.15) is 0 Å². The fraction of sp³-hybridized carbons (Fsp3) is 0.250. The van der Waals surface area contributed by atoms with Gasteiger partial charge < -0.3 is 10.2 Å². The molecule has 0 spiro atoms. The van der Waals surface area contributed by atoms with Crippen molar-refractivity contribution in [3.8, 4) is 0 Å². The molecule has 0 saturated heterocycles. The lowest BCUT2D eigenvalue weighted by atomic mass is 10.0. The lowest BCUT2D eigenvalue weighted by Gasteiger charge is -2.21. The summed E-state index contributed by atoms with van der Waals surface area (Å²) < 4.78 is 0. The molecule has 0 fully saturated rings. The van der Waals surface area contributed by atoms with Gasteiger partial charge in [-0.2, -0.15) is 0 Å². The normalized spacial score (nSPS) is 19.5. The van der Waals surface area contributed by atoms with Crippen molar-refractivity contribution in [2.45, 2.75) is 19.4 Å². The van der Waals surface area contributed by atoms with Crippen molar-refractivity contribution in [1.82, 2.24) is 0 Å². The number of benzene rings is 2. The zero-order valence-corrected chi connectivity index (χ0v) is 11.5. The molecule has 0 aromatic heterocycles. The number of anilines is 3. The van der Waals surface area contributed by atoms with E-state index in [9.17, 15) is 0 Å². The highest BCUT2D eigenvalue weighted by Crippen LogP contribution is 2.47. The monoisotopic (exact) mass is 270 g/mol. The number of para-hydroxylation sites is 2. The first-order valence-electron chi connectivity index (χ1n) is 6.69. The fourth-order valence-corrected chi connectivity index (χ4v) is 3.50. The van der Waals surface area contributed by atoms with Gasteiger partial charge in [0.05, 0.1) is 17.4 Å². The van der Waals surface area contributed by atoms with Crippen LogP contribution in [0.15, 0.2) is 36.4 Å². The first-order valence-corrected chi connectivity index (χ1v) is 7.07. The Labute approximate surface area is 118 Å². The number of nitrogens with zero attached hydrogens (tertiary/aromatic N) is 1. The number of nitrogens with one attached hydrogen (secondary N) is 1. The minimum atomic E-state index is 0.275. The predicted molar refractivity (Wildman–Crippen MR) is 80.6 cm³/mol. The van der Waals surface area contributed by atoms with Crippen LogP contribution in [0.5, 0.6) is 0 Å². The lowest BCUT2D eigenvalue weighted by molar-refractivity contribution is 0.892. The highest BCUT2D eigenvalue weighted by Gasteiger charge is 2.30. The van der Waals surface area contributed by atoms with E-state index in [1.54, 1.807) is 0 Å². The summed E-state index contributed by atoms with van der Waals surface area (Å²) in [6.45, 7) is 3.23. The summed E-state index contributed by atoms with van der Waals surface area (Å²) in [6, 6.07) is 13.0. The maximum Gasteiger partial charge on any atom is 0.0646 e. The molecule has 2 heterocycles. The summed E-state index contributed by atoms with van der Waals surface area (Å²) in [6.07, 6.45) is 1.07. The molecule has 1 unspecified atom stereocenters. The second-order valence-electron chi connectivity index (χ2n) is 5.29. The molecule has 2 nitrogen and oxygen atoms in total. The van der Waals surface area contributed by atoms with Gasteiger partial charge in [0.25, 0.3) is 0 Å². The van der Waals surface area contributed by atoms with E-state index in [1.165, 1.54) is 28.2 Å². The van der Waals surface area contributed by atoms with Crippen molar-refractivity contribution in [3.05, 3.63) is 52.5 Å². The molecule has 0 amide bonds. The molecule has 0 bridgehead atoms. The van der Waals surface area contributed by atoms with Crippen LogP contribution in [0.1, 0.15) is 24.1 Å². The lowest BCUT2D eigenvalue weighted by Crippen LogP contribution is -2.13. The van der Waals surface area contributed by atoms with E-state index in [2.05, 4.69) is 53.5 Å². The summed E-state index contributed by atoms with van der Waals surface area (Å²) in [5.41, 5.74) is 6.50. The first-order chi connectivity index (χ1) is 9.24. The smallest absolute Gasteiger partial charge is 0.0646 e. The van der Waals surface area contributed by atoms with Gasteiger partial charge in [-0.25, -0.2) is 0 Å².